The van der Waals surface area contributed by atoms with Crippen molar-refractivity contribution in [3.63, 3.8) is 0 Å². The summed E-state index contributed by atoms with van der Waals surface area (Å²) in [5.41, 5.74) is 11.2. The second-order valence-electron chi connectivity index (χ2n) is 6.64. The van der Waals surface area contributed by atoms with Crippen LogP contribution >= 0.6 is 0 Å². The third kappa shape index (κ3) is 1.79. The number of rotatable bonds is 1. The van der Waals surface area contributed by atoms with Gasteiger partial charge in [-0.15, -0.1) is 0 Å². The van der Waals surface area contributed by atoms with Gasteiger partial charge in [-0.25, -0.2) is 9.97 Å². The molecular weight excluding hydrogens is 300 g/mol. The Balaban J connectivity index is 1.62. The molecule has 1 aromatic carbocycles. The van der Waals surface area contributed by atoms with Gasteiger partial charge in [0.2, 0.25) is 0 Å². The Labute approximate surface area is 139 Å². The Kier molecular flexibility index (Phi) is 2.82. The standard InChI is InChI=1S/C19H18N4O/c20-17-8-6-13-15(22-17)7-5-14(19(13)24)18-12-4-2-1-3-11(12)16-9-21-10-23(16)18/h1-4,6,8-10,14,18-19,24H,5,7H2,(H2,20,22)/t14-,18?,19-/m1/s1. The summed E-state index contributed by atoms with van der Waals surface area (Å²) in [5.74, 6) is 0.613. The van der Waals surface area contributed by atoms with E-state index in [9.17, 15) is 5.11 Å². The minimum absolute atomic E-state index is 0.0968. The van der Waals surface area contributed by atoms with E-state index < -0.39 is 6.10 Å². The molecule has 3 heterocycles. The zero-order valence-corrected chi connectivity index (χ0v) is 13.1. The van der Waals surface area contributed by atoms with E-state index in [1.54, 1.807) is 6.07 Å². The van der Waals surface area contributed by atoms with Crippen LogP contribution in [0.3, 0.4) is 0 Å². The fourth-order valence-corrected chi connectivity index (χ4v) is 4.33. The minimum Gasteiger partial charge on any atom is -0.388 e. The van der Waals surface area contributed by atoms with Gasteiger partial charge < -0.3 is 15.4 Å². The predicted octanol–water partition coefficient (Wildman–Crippen LogP) is 2.73. The lowest BCUT2D eigenvalue weighted by Gasteiger charge is -2.34. The van der Waals surface area contributed by atoms with Crippen LogP contribution in [0.25, 0.3) is 11.3 Å². The van der Waals surface area contributed by atoms with Gasteiger partial charge >= 0.3 is 0 Å². The minimum atomic E-state index is -0.548. The number of aliphatic hydroxyl groups is 1. The molecule has 5 heteroatoms. The van der Waals surface area contributed by atoms with Crippen LogP contribution in [0.1, 0.15) is 35.4 Å². The van der Waals surface area contributed by atoms with Crippen molar-refractivity contribution in [3.05, 3.63) is 65.7 Å². The van der Waals surface area contributed by atoms with Gasteiger partial charge in [0.1, 0.15) is 5.82 Å². The highest BCUT2D eigenvalue weighted by Gasteiger charge is 2.40. The first-order valence-electron chi connectivity index (χ1n) is 8.28. The Bertz CT molecular complexity index is 933. The van der Waals surface area contributed by atoms with E-state index in [1.165, 1.54) is 11.1 Å². The molecule has 3 atom stereocenters. The Morgan fingerprint density at radius 1 is 1.12 bits per heavy atom. The molecule has 0 amide bonds. The normalized spacial score (nSPS) is 24.3. The lowest BCUT2D eigenvalue weighted by molar-refractivity contribution is 0.0711. The summed E-state index contributed by atoms with van der Waals surface area (Å²) in [4.78, 5) is 8.72. The van der Waals surface area contributed by atoms with Crippen molar-refractivity contribution >= 4 is 5.82 Å². The van der Waals surface area contributed by atoms with Gasteiger partial charge in [0.05, 0.1) is 30.4 Å². The zero-order chi connectivity index (χ0) is 16.3. The number of hydrogen-bond donors (Lipinski definition) is 2. The van der Waals surface area contributed by atoms with Gasteiger partial charge in [-0.2, -0.15) is 0 Å². The molecule has 120 valence electrons. The summed E-state index contributed by atoms with van der Waals surface area (Å²) in [6, 6.07) is 12.2. The number of nitrogen functional groups attached to an aromatic ring is 1. The van der Waals surface area contributed by atoms with Crippen molar-refractivity contribution in [1.82, 2.24) is 14.5 Å². The number of aryl methyl sites for hydroxylation is 1. The Morgan fingerprint density at radius 2 is 2.00 bits per heavy atom. The number of aromatic nitrogens is 3. The third-order valence-electron chi connectivity index (χ3n) is 5.40. The molecule has 0 saturated heterocycles. The maximum Gasteiger partial charge on any atom is 0.123 e. The lowest BCUT2D eigenvalue weighted by Crippen LogP contribution is -2.29. The van der Waals surface area contributed by atoms with E-state index in [4.69, 9.17) is 5.73 Å². The molecule has 2 aliphatic rings. The van der Waals surface area contributed by atoms with Gasteiger partial charge in [-0.05, 0) is 24.5 Å². The Hall–Kier alpha value is -2.66. The molecule has 5 nitrogen and oxygen atoms in total. The summed E-state index contributed by atoms with van der Waals surface area (Å²) >= 11 is 0. The molecule has 0 spiro atoms. The molecule has 0 saturated carbocycles. The molecule has 24 heavy (non-hydrogen) atoms. The average Bonchev–Trinajstić information content (AvgIpc) is 3.16. The zero-order valence-electron chi connectivity index (χ0n) is 13.1. The van der Waals surface area contributed by atoms with Crippen molar-refractivity contribution in [1.29, 1.82) is 0 Å². The molecule has 1 aliphatic carbocycles. The number of aliphatic hydroxyl groups excluding tert-OH is 1. The number of nitrogens with zero attached hydrogens (tertiary/aromatic N) is 3. The van der Waals surface area contributed by atoms with Gasteiger partial charge in [0.15, 0.2) is 0 Å². The highest BCUT2D eigenvalue weighted by molar-refractivity contribution is 5.69. The van der Waals surface area contributed by atoms with Crippen LogP contribution < -0.4 is 5.73 Å². The summed E-state index contributed by atoms with van der Waals surface area (Å²) in [6.07, 6.45) is 4.95. The predicted molar refractivity (Wildman–Crippen MR) is 91.2 cm³/mol. The molecule has 3 aromatic rings. The van der Waals surface area contributed by atoms with Crippen LogP contribution in [0.5, 0.6) is 0 Å². The van der Waals surface area contributed by atoms with Crippen LogP contribution in [0.15, 0.2) is 48.9 Å². The average molecular weight is 318 g/mol. The smallest absolute Gasteiger partial charge is 0.123 e. The van der Waals surface area contributed by atoms with Crippen molar-refractivity contribution in [2.75, 3.05) is 5.73 Å². The van der Waals surface area contributed by atoms with Crippen molar-refractivity contribution in [3.8, 4) is 11.3 Å². The number of anilines is 1. The summed E-state index contributed by atoms with van der Waals surface area (Å²) < 4.78 is 2.20. The first-order valence-corrected chi connectivity index (χ1v) is 8.28. The summed E-state index contributed by atoms with van der Waals surface area (Å²) in [5, 5.41) is 11.0. The van der Waals surface area contributed by atoms with Gasteiger partial charge in [0, 0.05) is 22.7 Å². The van der Waals surface area contributed by atoms with Crippen LogP contribution in [0.4, 0.5) is 5.82 Å². The van der Waals surface area contributed by atoms with Crippen molar-refractivity contribution in [2.45, 2.75) is 25.0 Å². The van der Waals surface area contributed by atoms with Crippen LogP contribution in [0.2, 0.25) is 0 Å². The molecule has 0 radical (unpaired) electrons. The van der Waals surface area contributed by atoms with Gasteiger partial charge in [-0.1, -0.05) is 30.3 Å². The number of nitrogens with two attached hydrogens (primary N) is 1. The number of benzene rings is 1. The number of fused-ring (bicyclic) bond motifs is 4. The van der Waals surface area contributed by atoms with Gasteiger partial charge in [0.25, 0.3) is 0 Å². The fraction of sp³-hybridized carbons (Fsp3) is 0.263. The highest BCUT2D eigenvalue weighted by atomic mass is 16.3. The topological polar surface area (TPSA) is 77.0 Å². The number of imidazole rings is 1. The van der Waals surface area contributed by atoms with E-state index in [0.717, 1.165) is 29.8 Å². The van der Waals surface area contributed by atoms with E-state index in [0.29, 0.717) is 5.82 Å². The van der Waals surface area contributed by atoms with Gasteiger partial charge in [-0.3, -0.25) is 0 Å². The first kappa shape index (κ1) is 13.7. The maximum atomic E-state index is 11.0. The highest BCUT2D eigenvalue weighted by Crippen LogP contribution is 2.49. The number of hydrogen-bond acceptors (Lipinski definition) is 4. The molecule has 5 rings (SSSR count). The lowest BCUT2D eigenvalue weighted by atomic mass is 9.77. The van der Waals surface area contributed by atoms with E-state index >= 15 is 0 Å². The Morgan fingerprint density at radius 3 is 2.92 bits per heavy atom. The number of pyridine rings is 1. The largest absolute Gasteiger partial charge is 0.388 e. The maximum absolute atomic E-state index is 11.0. The molecular formula is C19H18N4O. The van der Waals surface area contributed by atoms with Crippen molar-refractivity contribution < 1.29 is 5.11 Å². The van der Waals surface area contributed by atoms with E-state index in [2.05, 4.69) is 38.8 Å². The molecule has 0 fully saturated rings. The monoisotopic (exact) mass is 318 g/mol. The van der Waals surface area contributed by atoms with Crippen LogP contribution in [-0.2, 0) is 6.42 Å². The third-order valence-corrected chi connectivity index (χ3v) is 5.40. The molecule has 2 aromatic heterocycles. The fourth-order valence-electron chi connectivity index (χ4n) is 4.33. The van der Waals surface area contributed by atoms with Crippen LogP contribution in [0, 0.1) is 5.92 Å². The SMILES string of the molecule is Nc1ccc2c(n1)CC[C@H](C1c3ccccc3-c3cncn31)[C@@H]2O. The van der Waals surface area contributed by atoms with Crippen molar-refractivity contribution in [2.24, 2.45) is 5.92 Å². The molecule has 1 aliphatic heterocycles. The first-order chi connectivity index (χ1) is 11.7. The molecule has 3 N–H and O–H groups in total. The summed E-state index contributed by atoms with van der Waals surface area (Å²) in [6.45, 7) is 0. The van der Waals surface area contributed by atoms with E-state index in [1.807, 2.05) is 18.6 Å². The quantitative estimate of drug-likeness (QED) is 0.723. The summed E-state index contributed by atoms with van der Waals surface area (Å²) in [7, 11) is 0. The van der Waals surface area contributed by atoms with Crippen LogP contribution in [-0.4, -0.2) is 19.6 Å². The second kappa shape index (κ2) is 4.92. The second-order valence-corrected chi connectivity index (χ2v) is 6.64. The molecule has 0 bridgehead atoms. The van der Waals surface area contributed by atoms with E-state index in [-0.39, 0.29) is 12.0 Å². The molecule has 1 unspecified atom stereocenters.